The van der Waals surface area contributed by atoms with E-state index in [-0.39, 0.29) is 35.3 Å². The van der Waals surface area contributed by atoms with Crippen molar-refractivity contribution in [2.24, 2.45) is 5.10 Å². The highest BCUT2D eigenvalue weighted by atomic mass is 35.5. The summed E-state index contributed by atoms with van der Waals surface area (Å²) in [6.45, 7) is 3.29. The van der Waals surface area contributed by atoms with Crippen molar-refractivity contribution in [2.45, 2.75) is 26.5 Å². The predicted octanol–water partition coefficient (Wildman–Crippen LogP) is 5.95. The van der Waals surface area contributed by atoms with Gasteiger partial charge in [0.25, 0.3) is 5.91 Å². The summed E-state index contributed by atoms with van der Waals surface area (Å²) in [6, 6.07) is 13.8. The smallest absolute Gasteiger partial charge is 0.338 e. The Morgan fingerprint density at radius 3 is 2.47 bits per heavy atom. The highest BCUT2D eigenvalue weighted by molar-refractivity contribution is 6.36. The third-order valence-electron chi connectivity index (χ3n) is 6.37. The molecule has 3 aromatic carbocycles. The number of hydrazone groups is 1. The first kappa shape index (κ1) is 33.4. The standard InChI is InChI=1S/C31H29Cl3N4O7/c1-4-43-30(40)27-17(2)36-31(41)37-28(27)19-7-10-24(25(12-19)42-3)44-16-26(39)38-35-14-20-11-22(33)13-23(34)29(20)45-15-18-5-8-21(32)9-6-18/h5-14,28H,4,15-16H2,1-3H3,(H,38,39)(H2,36,37,41)/b35-14+/t28-/m1/s1. The first-order chi connectivity index (χ1) is 21.6. The van der Waals surface area contributed by atoms with Gasteiger partial charge in [-0.2, -0.15) is 5.10 Å². The lowest BCUT2D eigenvalue weighted by Gasteiger charge is -2.28. The molecule has 45 heavy (non-hydrogen) atoms. The fraction of sp³-hybridized carbons (Fsp3) is 0.226. The van der Waals surface area contributed by atoms with E-state index >= 15 is 0 Å². The van der Waals surface area contributed by atoms with Gasteiger partial charge in [-0.25, -0.2) is 15.0 Å². The van der Waals surface area contributed by atoms with E-state index in [4.69, 9.17) is 53.8 Å². The van der Waals surface area contributed by atoms with Gasteiger partial charge in [-0.05, 0) is 61.4 Å². The lowest BCUT2D eigenvalue weighted by atomic mass is 9.95. The molecule has 11 nitrogen and oxygen atoms in total. The Kier molecular flexibility index (Phi) is 11.5. The number of carbonyl (C=O) groups is 3. The number of nitrogens with one attached hydrogen (secondary N) is 3. The van der Waals surface area contributed by atoms with Gasteiger partial charge in [0.2, 0.25) is 0 Å². The zero-order valence-corrected chi connectivity index (χ0v) is 26.7. The molecule has 0 bridgehead atoms. The summed E-state index contributed by atoms with van der Waals surface area (Å²) in [6.07, 6.45) is 1.35. The molecular formula is C31H29Cl3N4O7. The Bertz CT molecular complexity index is 1640. The molecule has 0 unspecified atom stereocenters. The number of allylic oxidation sites excluding steroid dienone is 1. The predicted molar refractivity (Wildman–Crippen MR) is 170 cm³/mol. The van der Waals surface area contributed by atoms with Gasteiger partial charge in [0.1, 0.15) is 12.4 Å². The van der Waals surface area contributed by atoms with Crippen LogP contribution in [0.1, 0.15) is 36.6 Å². The van der Waals surface area contributed by atoms with Crippen LogP contribution < -0.4 is 30.3 Å². The second-order valence-corrected chi connectivity index (χ2v) is 10.8. The zero-order valence-electron chi connectivity index (χ0n) is 24.4. The quantitative estimate of drug-likeness (QED) is 0.123. The molecule has 1 atom stereocenters. The lowest BCUT2D eigenvalue weighted by molar-refractivity contribution is -0.139. The van der Waals surface area contributed by atoms with Crippen molar-refractivity contribution in [3.63, 3.8) is 0 Å². The molecule has 0 saturated carbocycles. The average molecular weight is 676 g/mol. The van der Waals surface area contributed by atoms with E-state index in [0.29, 0.717) is 32.6 Å². The number of methoxy groups -OCH3 is 1. The van der Waals surface area contributed by atoms with Crippen LogP contribution in [0.15, 0.2) is 71.0 Å². The summed E-state index contributed by atoms with van der Waals surface area (Å²) in [4.78, 5) is 37.3. The number of urea groups is 1. The van der Waals surface area contributed by atoms with Gasteiger partial charge in [-0.3, -0.25) is 4.79 Å². The number of hydrogen-bond acceptors (Lipinski definition) is 8. The minimum Gasteiger partial charge on any atom is -0.493 e. The van der Waals surface area contributed by atoms with Crippen LogP contribution in [0.2, 0.25) is 15.1 Å². The molecule has 4 rings (SSSR count). The number of rotatable bonds is 12. The number of amides is 3. The third kappa shape index (κ3) is 8.81. The molecule has 0 radical (unpaired) electrons. The summed E-state index contributed by atoms with van der Waals surface area (Å²) >= 11 is 18.5. The van der Waals surface area contributed by atoms with Crippen molar-refractivity contribution in [3.8, 4) is 17.2 Å². The summed E-state index contributed by atoms with van der Waals surface area (Å²) in [7, 11) is 1.42. The first-order valence-corrected chi connectivity index (χ1v) is 14.7. The van der Waals surface area contributed by atoms with E-state index in [1.807, 2.05) is 12.1 Å². The Morgan fingerprint density at radius 2 is 1.76 bits per heavy atom. The summed E-state index contributed by atoms with van der Waals surface area (Å²) in [5.74, 6) is -0.282. The van der Waals surface area contributed by atoms with Crippen molar-refractivity contribution < 1.29 is 33.3 Å². The highest BCUT2D eigenvalue weighted by Crippen LogP contribution is 2.35. The van der Waals surface area contributed by atoms with Crippen molar-refractivity contribution >= 4 is 58.9 Å². The fourth-order valence-electron chi connectivity index (χ4n) is 4.32. The number of nitrogens with zero attached hydrogens (tertiary/aromatic N) is 1. The first-order valence-electron chi connectivity index (χ1n) is 13.5. The van der Waals surface area contributed by atoms with Gasteiger partial charge in [-0.1, -0.05) is 53.0 Å². The maximum absolute atomic E-state index is 12.6. The molecular weight excluding hydrogens is 647 g/mol. The molecule has 3 amide bonds. The van der Waals surface area contributed by atoms with E-state index < -0.39 is 30.6 Å². The Labute approximate surface area is 274 Å². The maximum Gasteiger partial charge on any atom is 0.338 e. The van der Waals surface area contributed by atoms with Crippen LogP contribution in [0.5, 0.6) is 17.2 Å². The van der Waals surface area contributed by atoms with Crippen molar-refractivity contribution in [1.29, 1.82) is 0 Å². The van der Waals surface area contributed by atoms with Crippen LogP contribution in [0.3, 0.4) is 0 Å². The van der Waals surface area contributed by atoms with Crippen molar-refractivity contribution in [2.75, 3.05) is 20.3 Å². The van der Waals surface area contributed by atoms with E-state index in [1.165, 1.54) is 19.4 Å². The second kappa shape index (κ2) is 15.5. The van der Waals surface area contributed by atoms with E-state index in [0.717, 1.165) is 5.56 Å². The molecule has 0 saturated heterocycles. The van der Waals surface area contributed by atoms with Gasteiger partial charge < -0.3 is 29.6 Å². The van der Waals surface area contributed by atoms with Gasteiger partial charge in [0.15, 0.2) is 18.1 Å². The minimum atomic E-state index is -0.793. The molecule has 14 heteroatoms. The van der Waals surface area contributed by atoms with Gasteiger partial charge >= 0.3 is 12.0 Å². The maximum atomic E-state index is 12.6. The SMILES string of the molecule is CCOC(=O)C1=C(C)NC(=O)N[C@@H]1c1ccc(OCC(=O)N/N=C/c2cc(Cl)cc(Cl)c2OCc2ccc(Cl)cc2)c(OC)c1. The van der Waals surface area contributed by atoms with Crippen LogP contribution in [0.25, 0.3) is 0 Å². The minimum absolute atomic E-state index is 0.171. The third-order valence-corrected chi connectivity index (χ3v) is 7.12. The largest absolute Gasteiger partial charge is 0.493 e. The normalized spacial score (nSPS) is 14.4. The number of carbonyl (C=O) groups excluding carboxylic acids is 3. The highest BCUT2D eigenvalue weighted by Gasteiger charge is 2.32. The van der Waals surface area contributed by atoms with Crippen LogP contribution in [0, 0.1) is 0 Å². The molecule has 236 valence electrons. The van der Waals surface area contributed by atoms with Gasteiger partial charge in [0.05, 0.1) is 36.6 Å². The van der Waals surface area contributed by atoms with Crippen LogP contribution >= 0.6 is 34.8 Å². The number of halogens is 3. The Morgan fingerprint density at radius 1 is 1.00 bits per heavy atom. The Balaban J connectivity index is 1.41. The molecule has 0 fully saturated rings. The summed E-state index contributed by atoms with van der Waals surface area (Å²) in [5.41, 5.74) is 4.86. The number of benzene rings is 3. The van der Waals surface area contributed by atoms with Crippen LogP contribution in [-0.2, 0) is 20.9 Å². The lowest BCUT2D eigenvalue weighted by Crippen LogP contribution is -2.45. The zero-order chi connectivity index (χ0) is 32.5. The van der Waals surface area contributed by atoms with Gasteiger partial charge in [-0.15, -0.1) is 0 Å². The summed E-state index contributed by atoms with van der Waals surface area (Å²) < 4.78 is 22.2. The van der Waals surface area contributed by atoms with E-state index in [2.05, 4.69) is 21.2 Å². The average Bonchev–Trinajstić information content (AvgIpc) is 3.00. The molecule has 1 heterocycles. The molecule has 0 spiro atoms. The van der Waals surface area contributed by atoms with Crippen molar-refractivity contribution in [3.05, 3.63) is 97.6 Å². The molecule has 1 aliphatic heterocycles. The molecule has 1 aliphatic rings. The van der Waals surface area contributed by atoms with Crippen LogP contribution in [-0.4, -0.2) is 44.4 Å². The van der Waals surface area contributed by atoms with E-state index in [9.17, 15) is 14.4 Å². The van der Waals surface area contributed by atoms with Crippen LogP contribution in [0.4, 0.5) is 4.79 Å². The summed E-state index contributed by atoms with van der Waals surface area (Å²) in [5, 5.41) is 10.5. The number of hydrogen-bond donors (Lipinski definition) is 3. The Hall–Kier alpha value is -4.45. The van der Waals surface area contributed by atoms with E-state index in [1.54, 1.807) is 50.2 Å². The molecule has 0 aliphatic carbocycles. The number of esters is 1. The van der Waals surface area contributed by atoms with Gasteiger partial charge in [0, 0.05) is 21.3 Å². The topological polar surface area (TPSA) is 137 Å². The monoisotopic (exact) mass is 674 g/mol. The fourth-order valence-corrected chi connectivity index (χ4v) is 5.01. The molecule has 0 aromatic heterocycles. The van der Waals surface area contributed by atoms with Crippen molar-refractivity contribution in [1.82, 2.24) is 16.1 Å². The number of ether oxygens (including phenoxy) is 4. The second-order valence-electron chi connectivity index (χ2n) is 9.50. The molecule has 3 N–H and O–H groups in total. The molecule has 3 aromatic rings.